The number of anilines is 1. The van der Waals surface area contributed by atoms with E-state index >= 15 is 0 Å². The summed E-state index contributed by atoms with van der Waals surface area (Å²) >= 11 is 3.26. The van der Waals surface area contributed by atoms with Gasteiger partial charge >= 0.3 is 6.03 Å². The minimum atomic E-state index is -1.55. The molecule has 0 radical (unpaired) electrons. The van der Waals surface area contributed by atoms with Gasteiger partial charge in [0, 0.05) is 24.3 Å². The summed E-state index contributed by atoms with van der Waals surface area (Å²) < 4.78 is 0.829. The molecule has 1 N–H and O–H groups in total. The number of barbiturate groups is 1. The number of carbonyl (C=O) groups excluding carboxylic acids is 4. The normalized spacial score (nSPS) is 16.4. The van der Waals surface area contributed by atoms with Crippen LogP contribution in [0.1, 0.15) is 0 Å². The van der Waals surface area contributed by atoms with Crippen LogP contribution in [0.25, 0.3) is 0 Å². The molecular weight excluding hydrogens is 342 g/mol. The van der Waals surface area contributed by atoms with Crippen LogP contribution < -0.4 is 5.32 Å². The lowest BCUT2D eigenvalue weighted by molar-refractivity contribution is -0.151. The fraction of sp³-hybridized carbons (Fsp3) is 0.231. The van der Waals surface area contributed by atoms with Gasteiger partial charge in [0.25, 0.3) is 11.8 Å². The van der Waals surface area contributed by atoms with Gasteiger partial charge in [-0.25, -0.2) is 4.79 Å². The molecule has 0 aromatic heterocycles. The molecule has 7 nitrogen and oxygen atoms in total. The first-order valence-corrected chi connectivity index (χ1v) is 6.77. The van der Waals surface area contributed by atoms with E-state index in [2.05, 4.69) is 21.2 Å². The molecule has 8 heteroatoms. The van der Waals surface area contributed by atoms with E-state index in [1.165, 1.54) is 14.1 Å². The molecule has 110 valence electrons. The third-order valence-electron chi connectivity index (χ3n) is 3.10. The number of benzene rings is 1. The second kappa shape index (κ2) is 5.65. The van der Waals surface area contributed by atoms with Gasteiger partial charge in [0.2, 0.25) is 5.91 Å². The molecule has 1 heterocycles. The summed E-state index contributed by atoms with van der Waals surface area (Å²) in [5.41, 5.74) is 0.450. The van der Waals surface area contributed by atoms with Gasteiger partial charge in [-0.3, -0.25) is 24.2 Å². The lowest BCUT2D eigenvalue weighted by atomic mass is 10.0. The maximum Gasteiger partial charge on any atom is 0.332 e. The highest BCUT2D eigenvalue weighted by Crippen LogP contribution is 2.19. The average molecular weight is 354 g/mol. The van der Waals surface area contributed by atoms with Gasteiger partial charge in [-0.15, -0.1) is 0 Å². The molecule has 0 saturated carbocycles. The van der Waals surface area contributed by atoms with Crippen molar-refractivity contribution in [3.05, 3.63) is 28.7 Å². The predicted octanol–water partition coefficient (Wildman–Crippen LogP) is 1.05. The van der Waals surface area contributed by atoms with E-state index in [1.54, 1.807) is 24.3 Å². The van der Waals surface area contributed by atoms with Crippen molar-refractivity contribution in [1.82, 2.24) is 9.80 Å². The standard InChI is InChI=1S/C13H12BrN3O4/c1-16-11(19)9(12(20)17(2)13(16)21)10(18)15-8-5-3-7(14)4-6-8/h3-6,9H,1-2H3,(H,15,18). The van der Waals surface area contributed by atoms with Crippen molar-refractivity contribution in [2.24, 2.45) is 5.92 Å². The SMILES string of the molecule is CN1C(=O)C(C(=O)Nc2ccc(Br)cc2)C(=O)N(C)C1=O. The summed E-state index contributed by atoms with van der Waals surface area (Å²) in [6.45, 7) is 0. The lowest BCUT2D eigenvalue weighted by Gasteiger charge is -2.32. The molecule has 0 bridgehead atoms. The maximum atomic E-state index is 12.1. The highest BCUT2D eigenvalue weighted by Gasteiger charge is 2.46. The van der Waals surface area contributed by atoms with Gasteiger partial charge in [0.15, 0.2) is 5.92 Å². The number of imide groups is 2. The maximum absolute atomic E-state index is 12.1. The van der Waals surface area contributed by atoms with Crippen LogP contribution in [0, 0.1) is 5.92 Å². The number of carbonyl (C=O) groups is 4. The van der Waals surface area contributed by atoms with E-state index in [-0.39, 0.29) is 0 Å². The molecule has 1 aromatic carbocycles. The Hall–Kier alpha value is -2.22. The van der Waals surface area contributed by atoms with Gasteiger partial charge in [-0.2, -0.15) is 0 Å². The predicted molar refractivity (Wildman–Crippen MR) is 77.2 cm³/mol. The number of amides is 5. The molecule has 1 aromatic rings. The van der Waals surface area contributed by atoms with Crippen molar-refractivity contribution in [1.29, 1.82) is 0 Å². The van der Waals surface area contributed by atoms with Crippen molar-refractivity contribution in [2.75, 3.05) is 19.4 Å². The molecular formula is C13H12BrN3O4. The highest BCUT2D eigenvalue weighted by molar-refractivity contribution is 9.10. The Morgan fingerprint density at radius 3 is 2.00 bits per heavy atom. The summed E-state index contributed by atoms with van der Waals surface area (Å²) in [4.78, 5) is 49.2. The van der Waals surface area contributed by atoms with Crippen LogP contribution in [-0.4, -0.2) is 47.6 Å². The topological polar surface area (TPSA) is 86.8 Å². The monoisotopic (exact) mass is 353 g/mol. The molecule has 2 rings (SSSR count). The molecule has 1 saturated heterocycles. The van der Waals surface area contributed by atoms with Gasteiger partial charge in [-0.1, -0.05) is 15.9 Å². The van der Waals surface area contributed by atoms with Crippen LogP contribution in [0.15, 0.2) is 28.7 Å². The summed E-state index contributed by atoms with van der Waals surface area (Å²) in [6, 6.07) is 5.92. The molecule has 1 aliphatic heterocycles. The fourth-order valence-corrected chi connectivity index (χ4v) is 2.14. The zero-order valence-corrected chi connectivity index (χ0v) is 12.9. The summed E-state index contributed by atoms with van der Waals surface area (Å²) in [6.07, 6.45) is 0. The van der Waals surface area contributed by atoms with E-state index in [1.807, 2.05) is 0 Å². The van der Waals surface area contributed by atoms with Gasteiger partial charge in [0.1, 0.15) is 0 Å². The van der Waals surface area contributed by atoms with E-state index in [9.17, 15) is 19.2 Å². The number of halogens is 1. The zero-order chi connectivity index (χ0) is 15.7. The molecule has 1 aliphatic rings. The van der Waals surface area contributed by atoms with E-state index in [0.717, 1.165) is 14.3 Å². The Kier molecular flexibility index (Phi) is 4.08. The Balaban J connectivity index is 2.21. The van der Waals surface area contributed by atoms with Gasteiger partial charge < -0.3 is 5.32 Å². The molecule has 0 unspecified atom stereocenters. The highest BCUT2D eigenvalue weighted by atomic mass is 79.9. The zero-order valence-electron chi connectivity index (χ0n) is 11.3. The molecule has 0 atom stereocenters. The Morgan fingerprint density at radius 1 is 1.05 bits per heavy atom. The molecule has 0 aliphatic carbocycles. The first-order chi connectivity index (χ1) is 9.82. The summed E-state index contributed by atoms with van der Waals surface area (Å²) in [5.74, 6) is -3.99. The molecule has 0 spiro atoms. The Labute approximate surface area is 129 Å². The van der Waals surface area contributed by atoms with Crippen LogP contribution in [0.4, 0.5) is 10.5 Å². The Bertz CT molecular complexity index is 605. The van der Waals surface area contributed by atoms with E-state index in [0.29, 0.717) is 5.69 Å². The molecule has 21 heavy (non-hydrogen) atoms. The van der Waals surface area contributed by atoms with Gasteiger partial charge in [0.05, 0.1) is 0 Å². The van der Waals surface area contributed by atoms with Crippen molar-refractivity contribution in [3.63, 3.8) is 0 Å². The lowest BCUT2D eigenvalue weighted by Crippen LogP contribution is -2.59. The minimum absolute atomic E-state index is 0.450. The van der Waals surface area contributed by atoms with Crippen molar-refractivity contribution < 1.29 is 19.2 Å². The third-order valence-corrected chi connectivity index (χ3v) is 3.63. The number of hydrogen-bond donors (Lipinski definition) is 1. The number of nitrogens with one attached hydrogen (secondary N) is 1. The average Bonchev–Trinajstić information content (AvgIpc) is 2.46. The van der Waals surface area contributed by atoms with Crippen LogP contribution in [0.3, 0.4) is 0 Å². The Morgan fingerprint density at radius 2 is 1.52 bits per heavy atom. The summed E-state index contributed by atoms with van der Waals surface area (Å²) in [7, 11) is 2.46. The van der Waals surface area contributed by atoms with Gasteiger partial charge in [-0.05, 0) is 24.3 Å². The van der Waals surface area contributed by atoms with E-state index in [4.69, 9.17) is 0 Å². The van der Waals surface area contributed by atoms with Crippen molar-refractivity contribution in [3.8, 4) is 0 Å². The van der Waals surface area contributed by atoms with Crippen LogP contribution in [-0.2, 0) is 14.4 Å². The molecule has 1 fully saturated rings. The second-order valence-electron chi connectivity index (χ2n) is 4.51. The van der Waals surface area contributed by atoms with Crippen molar-refractivity contribution >= 4 is 45.4 Å². The molecule has 5 amide bonds. The first-order valence-electron chi connectivity index (χ1n) is 5.98. The largest absolute Gasteiger partial charge is 0.332 e. The third kappa shape index (κ3) is 2.80. The van der Waals surface area contributed by atoms with Crippen LogP contribution >= 0.6 is 15.9 Å². The number of hydrogen-bond acceptors (Lipinski definition) is 4. The van der Waals surface area contributed by atoms with Crippen LogP contribution in [0.5, 0.6) is 0 Å². The minimum Gasteiger partial charge on any atom is -0.325 e. The quantitative estimate of drug-likeness (QED) is 0.805. The first kappa shape index (κ1) is 15.2. The fourth-order valence-electron chi connectivity index (χ4n) is 1.88. The smallest absolute Gasteiger partial charge is 0.325 e. The van der Waals surface area contributed by atoms with E-state index < -0.39 is 29.7 Å². The number of urea groups is 1. The van der Waals surface area contributed by atoms with Crippen molar-refractivity contribution in [2.45, 2.75) is 0 Å². The second-order valence-corrected chi connectivity index (χ2v) is 5.42. The summed E-state index contributed by atoms with van der Waals surface area (Å²) in [5, 5.41) is 2.49. The number of nitrogens with zero attached hydrogens (tertiary/aromatic N) is 2. The van der Waals surface area contributed by atoms with Crippen LogP contribution in [0.2, 0.25) is 0 Å². The number of rotatable bonds is 2.